The first kappa shape index (κ1) is 10.4. The lowest BCUT2D eigenvalue weighted by molar-refractivity contribution is -0.344. The molecule has 0 heterocycles. The second-order valence-corrected chi connectivity index (χ2v) is 3.71. The van der Waals surface area contributed by atoms with E-state index in [-0.39, 0.29) is 0 Å². The van der Waals surface area contributed by atoms with Gasteiger partial charge in [0.1, 0.15) is 0 Å². The third-order valence-electron chi connectivity index (χ3n) is 1.56. The van der Waals surface area contributed by atoms with Gasteiger partial charge in [0.15, 0.2) is 0 Å². The maximum Gasteiger partial charge on any atom is 0.0849 e. The Bertz CT molecular complexity index is 305. The minimum absolute atomic E-state index is 0.662. The second kappa shape index (κ2) is 4.03. The predicted molar refractivity (Wildman–Crippen MR) is 43.5 cm³/mol. The maximum absolute atomic E-state index is 10.3. The third kappa shape index (κ3) is 3.70. The largest absolute Gasteiger partial charge is 0.790 e. The number of phosphoric ester groups is 1. The fourth-order valence-corrected chi connectivity index (χ4v) is 1.49. The molecule has 0 aliphatic carbocycles. The average molecular weight is 200 g/mol. The van der Waals surface area contributed by atoms with Gasteiger partial charge in [0.05, 0.1) is 13.9 Å². The summed E-state index contributed by atoms with van der Waals surface area (Å²) in [6.07, 6.45) is -0.720. The van der Waals surface area contributed by atoms with Crippen molar-refractivity contribution in [2.75, 3.05) is 0 Å². The molecule has 0 amide bonds. The molecule has 5 heteroatoms. The van der Waals surface area contributed by atoms with E-state index >= 15 is 0 Å². The zero-order valence-electron chi connectivity index (χ0n) is 7.04. The van der Waals surface area contributed by atoms with Crippen LogP contribution in [0.5, 0.6) is 0 Å². The van der Waals surface area contributed by atoms with Crippen LogP contribution in [0.25, 0.3) is 0 Å². The fraction of sp³-hybridized carbons (Fsp3) is 0.250. The SMILES string of the molecule is CC(OP(=O)([O-])[O-])c1ccccc1. The van der Waals surface area contributed by atoms with Crippen LogP contribution < -0.4 is 9.79 Å². The van der Waals surface area contributed by atoms with Gasteiger partial charge in [0, 0.05) is 0 Å². The summed E-state index contributed by atoms with van der Waals surface area (Å²) in [4.78, 5) is 20.5. The number of hydrogen-bond acceptors (Lipinski definition) is 4. The third-order valence-corrected chi connectivity index (χ3v) is 2.13. The van der Waals surface area contributed by atoms with Crippen molar-refractivity contribution in [3.05, 3.63) is 35.9 Å². The summed E-state index contributed by atoms with van der Waals surface area (Å²) in [5.41, 5.74) is 0.662. The van der Waals surface area contributed by atoms with Crippen LogP contribution in [0.3, 0.4) is 0 Å². The molecule has 0 aliphatic heterocycles. The highest BCUT2D eigenvalue weighted by Gasteiger charge is 2.05. The topological polar surface area (TPSA) is 72.4 Å². The van der Waals surface area contributed by atoms with E-state index in [1.807, 2.05) is 0 Å². The lowest BCUT2D eigenvalue weighted by atomic mass is 10.1. The lowest BCUT2D eigenvalue weighted by Crippen LogP contribution is -2.17. The van der Waals surface area contributed by atoms with Crippen LogP contribution in [0.15, 0.2) is 30.3 Å². The molecule has 0 radical (unpaired) electrons. The van der Waals surface area contributed by atoms with Crippen LogP contribution in [-0.2, 0) is 9.09 Å². The van der Waals surface area contributed by atoms with Crippen LogP contribution in [0, 0.1) is 0 Å². The van der Waals surface area contributed by atoms with E-state index in [1.54, 1.807) is 30.3 Å². The molecule has 0 saturated heterocycles. The van der Waals surface area contributed by atoms with Gasteiger partial charge in [-0.3, -0.25) is 0 Å². The molecule has 1 rings (SSSR count). The second-order valence-electron chi connectivity index (χ2n) is 2.61. The monoisotopic (exact) mass is 200 g/mol. The van der Waals surface area contributed by atoms with E-state index in [2.05, 4.69) is 4.52 Å². The van der Waals surface area contributed by atoms with Gasteiger partial charge in [-0.25, -0.2) is 0 Å². The van der Waals surface area contributed by atoms with E-state index in [0.717, 1.165) is 0 Å². The minimum Gasteiger partial charge on any atom is -0.790 e. The molecule has 0 saturated carbocycles. The van der Waals surface area contributed by atoms with E-state index in [0.29, 0.717) is 5.56 Å². The number of hydrogen-bond donors (Lipinski definition) is 0. The van der Waals surface area contributed by atoms with Gasteiger partial charge in [-0.2, -0.15) is 0 Å². The summed E-state index contributed by atoms with van der Waals surface area (Å²) < 4.78 is 14.5. The van der Waals surface area contributed by atoms with Gasteiger partial charge in [-0.05, 0) is 12.5 Å². The van der Waals surface area contributed by atoms with Gasteiger partial charge in [0.25, 0.3) is 0 Å². The molecule has 0 bridgehead atoms. The Kier molecular flexibility index (Phi) is 3.22. The van der Waals surface area contributed by atoms with Crippen LogP contribution in [0.2, 0.25) is 0 Å². The Morgan fingerprint density at radius 1 is 1.31 bits per heavy atom. The van der Waals surface area contributed by atoms with Crippen molar-refractivity contribution in [3.63, 3.8) is 0 Å². The summed E-state index contributed by atoms with van der Waals surface area (Å²) in [6.45, 7) is 1.51. The first-order chi connectivity index (χ1) is 5.99. The predicted octanol–water partition coefficient (Wildman–Crippen LogP) is 0.593. The van der Waals surface area contributed by atoms with Gasteiger partial charge in [0.2, 0.25) is 0 Å². The van der Waals surface area contributed by atoms with E-state index in [9.17, 15) is 14.4 Å². The molecule has 0 aliphatic rings. The zero-order chi connectivity index (χ0) is 9.90. The van der Waals surface area contributed by atoms with E-state index < -0.39 is 13.9 Å². The van der Waals surface area contributed by atoms with Crippen molar-refractivity contribution in [1.82, 2.24) is 0 Å². The Labute approximate surface area is 76.4 Å². The van der Waals surface area contributed by atoms with E-state index in [4.69, 9.17) is 0 Å². The Morgan fingerprint density at radius 3 is 2.31 bits per heavy atom. The lowest BCUT2D eigenvalue weighted by Gasteiger charge is -2.32. The maximum atomic E-state index is 10.3. The molecular weight excluding hydrogens is 191 g/mol. The van der Waals surface area contributed by atoms with Crippen molar-refractivity contribution in [2.24, 2.45) is 0 Å². The highest BCUT2D eigenvalue weighted by Crippen LogP contribution is 2.33. The minimum atomic E-state index is -4.89. The summed E-state index contributed by atoms with van der Waals surface area (Å²) in [6, 6.07) is 8.68. The molecule has 1 aromatic rings. The molecule has 1 atom stereocenters. The molecule has 13 heavy (non-hydrogen) atoms. The van der Waals surface area contributed by atoms with Crippen LogP contribution in [0.4, 0.5) is 0 Å². The normalized spacial score (nSPS) is 14.1. The summed E-state index contributed by atoms with van der Waals surface area (Å²) in [5, 5.41) is 0. The number of rotatable bonds is 3. The van der Waals surface area contributed by atoms with Crippen LogP contribution >= 0.6 is 7.82 Å². The Morgan fingerprint density at radius 2 is 1.85 bits per heavy atom. The van der Waals surface area contributed by atoms with Crippen LogP contribution in [0.1, 0.15) is 18.6 Å². The first-order valence-electron chi connectivity index (χ1n) is 3.74. The van der Waals surface area contributed by atoms with E-state index in [1.165, 1.54) is 6.92 Å². The Balaban J connectivity index is 2.70. The van der Waals surface area contributed by atoms with Gasteiger partial charge < -0.3 is 18.9 Å². The van der Waals surface area contributed by atoms with Crippen molar-refractivity contribution in [2.45, 2.75) is 13.0 Å². The molecule has 4 nitrogen and oxygen atoms in total. The first-order valence-corrected chi connectivity index (χ1v) is 5.20. The highest BCUT2D eigenvalue weighted by molar-refractivity contribution is 7.43. The smallest absolute Gasteiger partial charge is 0.0849 e. The van der Waals surface area contributed by atoms with Crippen molar-refractivity contribution >= 4 is 7.82 Å². The molecule has 1 unspecified atom stereocenters. The van der Waals surface area contributed by atoms with Crippen molar-refractivity contribution < 1.29 is 18.9 Å². The van der Waals surface area contributed by atoms with Gasteiger partial charge in [-0.1, -0.05) is 30.3 Å². The summed E-state index contributed by atoms with van der Waals surface area (Å²) >= 11 is 0. The molecule has 0 N–H and O–H groups in total. The van der Waals surface area contributed by atoms with Crippen LogP contribution in [-0.4, -0.2) is 0 Å². The molecule has 1 aromatic carbocycles. The Hall–Kier alpha value is -0.670. The number of phosphoric acid groups is 1. The average Bonchev–Trinajstić information content (AvgIpc) is 2.03. The van der Waals surface area contributed by atoms with Gasteiger partial charge >= 0.3 is 0 Å². The summed E-state index contributed by atoms with van der Waals surface area (Å²) in [7, 11) is -4.89. The molecular formula is C8H9O4P-2. The molecule has 72 valence electrons. The van der Waals surface area contributed by atoms with Gasteiger partial charge in [-0.15, -0.1) is 0 Å². The fourth-order valence-electron chi connectivity index (χ4n) is 0.979. The zero-order valence-corrected chi connectivity index (χ0v) is 7.94. The molecule has 0 spiro atoms. The molecule has 0 aromatic heterocycles. The van der Waals surface area contributed by atoms with Crippen molar-refractivity contribution in [1.29, 1.82) is 0 Å². The quantitative estimate of drug-likeness (QED) is 0.669. The molecule has 0 fully saturated rings. The van der Waals surface area contributed by atoms with Crippen molar-refractivity contribution in [3.8, 4) is 0 Å². The standard InChI is InChI=1S/C8H11O4P/c1-7(12-13(9,10)11)8-5-3-2-4-6-8/h2-7H,1H3,(H2,9,10,11)/p-2. The number of benzene rings is 1. The summed E-state index contributed by atoms with van der Waals surface area (Å²) in [5.74, 6) is 0. The highest BCUT2D eigenvalue weighted by atomic mass is 31.2.